The lowest BCUT2D eigenvalue weighted by molar-refractivity contribution is 0.0789. The van der Waals surface area contributed by atoms with Crippen molar-refractivity contribution in [3.8, 4) is 5.75 Å². The molecule has 1 heterocycles. The highest BCUT2D eigenvalue weighted by Crippen LogP contribution is 2.24. The topological polar surface area (TPSA) is 40.5 Å². The lowest BCUT2D eigenvalue weighted by atomic mass is 10.2. The fourth-order valence-corrected chi connectivity index (χ4v) is 3.10. The normalized spacial score (nSPS) is 10.3. The number of phenolic OH excluding ortho intramolecular Hbond substituents is 1. The highest BCUT2D eigenvalue weighted by molar-refractivity contribution is 9.10. The van der Waals surface area contributed by atoms with Crippen molar-refractivity contribution in [1.82, 2.24) is 4.90 Å². The van der Waals surface area contributed by atoms with Gasteiger partial charge in [0.25, 0.3) is 5.91 Å². The molecule has 0 aliphatic carbocycles. The van der Waals surface area contributed by atoms with Crippen molar-refractivity contribution >= 4 is 33.2 Å². The molecule has 1 aromatic heterocycles. The van der Waals surface area contributed by atoms with E-state index >= 15 is 0 Å². The molecule has 2 aromatic rings. The minimum Gasteiger partial charge on any atom is -0.508 e. The van der Waals surface area contributed by atoms with Crippen molar-refractivity contribution in [2.24, 2.45) is 0 Å². The fourth-order valence-electron chi connectivity index (χ4n) is 1.57. The zero-order valence-corrected chi connectivity index (χ0v) is 12.2. The Morgan fingerprint density at radius 3 is 2.56 bits per heavy atom. The van der Waals surface area contributed by atoms with Crippen LogP contribution in [0, 0.1) is 0 Å². The molecule has 0 saturated carbocycles. The van der Waals surface area contributed by atoms with Crippen LogP contribution in [0.2, 0.25) is 0 Å². The third-order valence-electron chi connectivity index (χ3n) is 2.51. The number of halogens is 1. The van der Waals surface area contributed by atoms with Crippen molar-refractivity contribution in [2.45, 2.75) is 6.54 Å². The minimum absolute atomic E-state index is 0.00931. The number of rotatable bonds is 3. The number of benzene rings is 1. The number of amides is 1. The van der Waals surface area contributed by atoms with Crippen molar-refractivity contribution in [1.29, 1.82) is 0 Å². The molecule has 0 aliphatic heterocycles. The number of carbonyl (C=O) groups excluding carboxylic acids is 1. The first-order chi connectivity index (χ1) is 8.58. The first-order valence-corrected chi connectivity index (χ1v) is 7.01. The summed E-state index contributed by atoms with van der Waals surface area (Å²) < 4.78 is 0.829. The monoisotopic (exact) mass is 325 g/mol. The number of thiophene rings is 1. The van der Waals surface area contributed by atoms with Gasteiger partial charge in [-0.3, -0.25) is 4.79 Å². The van der Waals surface area contributed by atoms with Gasteiger partial charge in [0, 0.05) is 18.1 Å². The predicted octanol–water partition coefficient (Wildman–Crippen LogP) is 3.49. The van der Waals surface area contributed by atoms with Gasteiger partial charge in [0.05, 0.1) is 0 Å². The van der Waals surface area contributed by atoms with Gasteiger partial charge in [-0.1, -0.05) is 12.1 Å². The maximum atomic E-state index is 12.2. The van der Waals surface area contributed by atoms with Crippen LogP contribution in [0.15, 0.2) is 40.2 Å². The Morgan fingerprint density at radius 1 is 1.33 bits per heavy atom. The minimum atomic E-state index is -0.00931. The molecule has 0 spiro atoms. The summed E-state index contributed by atoms with van der Waals surface area (Å²) in [5.74, 6) is 0.221. The van der Waals surface area contributed by atoms with Gasteiger partial charge in [-0.15, -0.1) is 11.3 Å². The van der Waals surface area contributed by atoms with Crippen molar-refractivity contribution < 1.29 is 9.90 Å². The molecule has 0 radical (unpaired) electrons. The van der Waals surface area contributed by atoms with Crippen molar-refractivity contribution in [3.63, 3.8) is 0 Å². The molecule has 1 amide bonds. The van der Waals surface area contributed by atoms with Crippen LogP contribution in [0.5, 0.6) is 5.75 Å². The second kappa shape index (κ2) is 5.54. The third kappa shape index (κ3) is 2.91. The maximum absolute atomic E-state index is 12.2. The van der Waals surface area contributed by atoms with Gasteiger partial charge in [0.2, 0.25) is 0 Å². The van der Waals surface area contributed by atoms with Gasteiger partial charge in [0.1, 0.15) is 10.6 Å². The average molecular weight is 326 g/mol. The number of phenols is 1. The first kappa shape index (κ1) is 13.1. The van der Waals surface area contributed by atoms with Crippen LogP contribution in [0.1, 0.15) is 15.2 Å². The van der Waals surface area contributed by atoms with Gasteiger partial charge in [0.15, 0.2) is 0 Å². The molecule has 2 rings (SSSR count). The summed E-state index contributed by atoms with van der Waals surface area (Å²) in [6.45, 7) is 0.517. The number of hydrogen-bond acceptors (Lipinski definition) is 3. The molecule has 0 unspecified atom stereocenters. The molecule has 0 bridgehead atoms. The fraction of sp³-hybridized carbons (Fsp3) is 0.154. The van der Waals surface area contributed by atoms with Crippen molar-refractivity contribution in [2.75, 3.05) is 7.05 Å². The van der Waals surface area contributed by atoms with Crippen LogP contribution in [0.3, 0.4) is 0 Å². The maximum Gasteiger partial charge on any atom is 0.265 e. The highest BCUT2D eigenvalue weighted by Gasteiger charge is 2.16. The summed E-state index contributed by atoms with van der Waals surface area (Å²) in [5, 5.41) is 11.1. The molecule has 18 heavy (non-hydrogen) atoms. The van der Waals surface area contributed by atoms with E-state index in [1.54, 1.807) is 24.1 Å². The van der Waals surface area contributed by atoms with E-state index in [9.17, 15) is 9.90 Å². The second-order valence-corrected chi connectivity index (χ2v) is 5.70. The smallest absolute Gasteiger partial charge is 0.265 e. The third-order valence-corrected chi connectivity index (χ3v) is 4.34. The molecule has 1 aromatic carbocycles. The molecule has 3 nitrogen and oxygen atoms in total. The van der Waals surface area contributed by atoms with Gasteiger partial charge >= 0.3 is 0 Å². The molecule has 0 atom stereocenters. The van der Waals surface area contributed by atoms with E-state index in [0.717, 1.165) is 10.0 Å². The molecule has 0 saturated heterocycles. The van der Waals surface area contributed by atoms with E-state index in [0.29, 0.717) is 11.4 Å². The van der Waals surface area contributed by atoms with Crippen LogP contribution in [-0.4, -0.2) is 23.0 Å². The van der Waals surface area contributed by atoms with Gasteiger partial charge in [-0.25, -0.2) is 0 Å². The Balaban J connectivity index is 2.08. The molecule has 94 valence electrons. The molecular formula is C13H12BrNO2S. The van der Waals surface area contributed by atoms with Crippen LogP contribution in [0.4, 0.5) is 0 Å². The Bertz CT molecular complexity index is 550. The predicted molar refractivity (Wildman–Crippen MR) is 75.9 cm³/mol. The molecule has 1 N–H and O–H groups in total. The summed E-state index contributed by atoms with van der Waals surface area (Å²) in [4.78, 5) is 14.5. The summed E-state index contributed by atoms with van der Waals surface area (Å²) in [6, 6.07) is 8.72. The Labute approximate surface area is 118 Å². The van der Waals surface area contributed by atoms with Crippen molar-refractivity contribution in [3.05, 3.63) is 50.6 Å². The molecule has 0 aliphatic rings. The van der Waals surface area contributed by atoms with Crippen LogP contribution in [0.25, 0.3) is 0 Å². The summed E-state index contributed by atoms with van der Waals surface area (Å²) in [5.41, 5.74) is 0.983. The summed E-state index contributed by atoms with van der Waals surface area (Å²) >= 11 is 4.78. The van der Waals surface area contributed by atoms with Crippen LogP contribution >= 0.6 is 27.3 Å². The van der Waals surface area contributed by atoms with E-state index in [-0.39, 0.29) is 11.7 Å². The number of aromatic hydroxyl groups is 1. The SMILES string of the molecule is CN(Cc1ccc(O)cc1)C(=O)c1sccc1Br. The van der Waals surface area contributed by atoms with Gasteiger partial charge in [-0.05, 0) is 45.1 Å². The van der Waals surface area contributed by atoms with E-state index in [4.69, 9.17) is 0 Å². The van der Waals surface area contributed by atoms with E-state index in [2.05, 4.69) is 15.9 Å². The second-order valence-electron chi connectivity index (χ2n) is 3.93. The molecule has 0 fully saturated rings. The first-order valence-electron chi connectivity index (χ1n) is 5.34. The van der Waals surface area contributed by atoms with E-state index in [1.165, 1.54) is 11.3 Å². The van der Waals surface area contributed by atoms with E-state index in [1.807, 2.05) is 23.6 Å². The Hall–Kier alpha value is -1.33. The summed E-state index contributed by atoms with van der Waals surface area (Å²) in [7, 11) is 1.77. The zero-order valence-electron chi connectivity index (χ0n) is 9.76. The molecular weight excluding hydrogens is 314 g/mol. The average Bonchev–Trinajstić information content (AvgIpc) is 2.77. The van der Waals surface area contributed by atoms with Crippen LogP contribution in [-0.2, 0) is 6.54 Å². The van der Waals surface area contributed by atoms with Crippen LogP contribution < -0.4 is 0 Å². The lowest BCUT2D eigenvalue weighted by Crippen LogP contribution is -2.25. The zero-order chi connectivity index (χ0) is 13.1. The standard InChI is InChI=1S/C13H12BrNO2S/c1-15(8-9-2-4-10(16)5-3-9)13(17)12-11(14)6-7-18-12/h2-7,16H,8H2,1H3. The molecule has 5 heteroatoms. The quantitative estimate of drug-likeness (QED) is 0.938. The van der Waals surface area contributed by atoms with Gasteiger partial charge < -0.3 is 10.0 Å². The Kier molecular flexibility index (Phi) is 4.04. The number of nitrogens with zero attached hydrogens (tertiary/aromatic N) is 1. The van der Waals surface area contributed by atoms with Gasteiger partial charge in [-0.2, -0.15) is 0 Å². The van der Waals surface area contributed by atoms with E-state index < -0.39 is 0 Å². The summed E-state index contributed by atoms with van der Waals surface area (Å²) in [6.07, 6.45) is 0. The number of hydrogen-bond donors (Lipinski definition) is 1. The largest absolute Gasteiger partial charge is 0.508 e. The lowest BCUT2D eigenvalue weighted by Gasteiger charge is -2.16. The number of carbonyl (C=O) groups is 1. The highest BCUT2D eigenvalue weighted by atomic mass is 79.9. The Morgan fingerprint density at radius 2 is 2.00 bits per heavy atom.